The minimum absolute atomic E-state index is 0.124. The van der Waals surface area contributed by atoms with Crippen molar-refractivity contribution in [1.82, 2.24) is 5.16 Å². The zero-order chi connectivity index (χ0) is 15.3. The molecule has 1 aromatic heterocycles. The number of hydrogen-bond donors (Lipinski definition) is 1. The van der Waals surface area contributed by atoms with Gasteiger partial charge in [-0.3, -0.25) is 9.59 Å². The van der Waals surface area contributed by atoms with Crippen LogP contribution in [0.5, 0.6) is 0 Å². The van der Waals surface area contributed by atoms with Crippen LogP contribution in [0, 0.1) is 0 Å². The lowest BCUT2D eigenvalue weighted by atomic mass is 10.0. The number of carbonyl (C=O) groups excluding carboxylic acids is 1. The molecule has 0 radical (unpaired) electrons. The monoisotopic (exact) mass is 298 g/mol. The zero-order valence-electron chi connectivity index (χ0n) is 11.7. The summed E-state index contributed by atoms with van der Waals surface area (Å²) >= 11 is 0. The summed E-state index contributed by atoms with van der Waals surface area (Å²) in [5.41, 5.74) is 1.54. The Morgan fingerprint density at radius 3 is 2.77 bits per heavy atom. The van der Waals surface area contributed by atoms with E-state index >= 15 is 0 Å². The normalized spacial score (nSPS) is 20.0. The third-order valence-corrected chi connectivity index (χ3v) is 4.24. The van der Waals surface area contributed by atoms with Crippen molar-refractivity contribution in [3.05, 3.63) is 47.3 Å². The van der Waals surface area contributed by atoms with Crippen molar-refractivity contribution in [2.24, 2.45) is 0 Å². The molecule has 0 bridgehead atoms. The molecule has 6 nitrogen and oxygen atoms in total. The summed E-state index contributed by atoms with van der Waals surface area (Å²) in [4.78, 5) is 25.5. The van der Waals surface area contributed by atoms with Gasteiger partial charge in [0.1, 0.15) is 11.7 Å². The average Bonchev–Trinajstić information content (AvgIpc) is 3.12. The Bertz CT molecular complexity index is 763. The molecule has 1 aromatic carbocycles. The Balaban J connectivity index is 1.67. The van der Waals surface area contributed by atoms with Crippen molar-refractivity contribution in [1.29, 1.82) is 0 Å². The van der Waals surface area contributed by atoms with E-state index in [1.165, 1.54) is 4.90 Å². The fourth-order valence-corrected chi connectivity index (χ4v) is 2.90. The van der Waals surface area contributed by atoms with E-state index < -0.39 is 11.9 Å². The Labute approximate surface area is 126 Å². The minimum Gasteiger partial charge on any atom is -0.481 e. The van der Waals surface area contributed by atoms with Crippen molar-refractivity contribution in [2.45, 2.75) is 24.7 Å². The number of carbonyl (C=O) groups is 2. The molecule has 1 aliphatic heterocycles. The number of carboxylic acids is 1. The van der Waals surface area contributed by atoms with Crippen molar-refractivity contribution >= 4 is 17.6 Å². The predicted molar refractivity (Wildman–Crippen MR) is 77.0 cm³/mol. The van der Waals surface area contributed by atoms with Crippen LogP contribution in [0.2, 0.25) is 0 Å². The lowest BCUT2D eigenvalue weighted by Gasteiger charge is -2.15. The molecule has 1 N–H and O–H groups in total. The number of hydrogen-bond acceptors (Lipinski definition) is 4. The molecule has 6 heteroatoms. The minimum atomic E-state index is -0.929. The van der Waals surface area contributed by atoms with Gasteiger partial charge in [0.05, 0.1) is 0 Å². The number of nitrogens with zero attached hydrogens (tertiary/aromatic N) is 2. The quantitative estimate of drug-likeness (QED) is 0.940. The third-order valence-electron chi connectivity index (χ3n) is 4.24. The molecule has 4 rings (SSSR count). The lowest BCUT2D eigenvalue weighted by Crippen LogP contribution is -2.31. The van der Waals surface area contributed by atoms with Gasteiger partial charge in [-0.05, 0) is 24.5 Å². The summed E-state index contributed by atoms with van der Waals surface area (Å²) < 4.78 is 5.22. The van der Waals surface area contributed by atoms with Crippen LogP contribution in [0.3, 0.4) is 0 Å². The molecule has 1 fully saturated rings. The van der Waals surface area contributed by atoms with Gasteiger partial charge in [-0.1, -0.05) is 23.4 Å². The summed E-state index contributed by atoms with van der Waals surface area (Å²) in [5, 5.41) is 13.2. The standard InChI is InChI=1S/C16H14N2O4/c19-15(12-7-14(22-17-12)9-5-6-9)18-8-11(16(20)21)10-3-1-2-4-13(10)18/h1-4,7,9,11H,5-6,8H2,(H,20,21)/t11-/m0/s1. The first kappa shape index (κ1) is 13.1. The number of aromatic nitrogens is 1. The van der Waals surface area contributed by atoms with E-state index in [1.54, 1.807) is 30.3 Å². The number of amides is 1. The van der Waals surface area contributed by atoms with Crippen LogP contribution >= 0.6 is 0 Å². The van der Waals surface area contributed by atoms with Crippen molar-refractivity contribution in [3.8, 4) is 0 Å². The average molecular weight is 298 g/mol. The molecule has 1 aliphatic carbocycles. The highest BCUT2D eigenvalue weighted by Crippen LogP contribution is 2.41. The molecule has 0 spiro atoms. The second kappa shape index (κ2) is 4.69. The zero-order valence-corrected chi connectivity index (χ0v) is 11.7. The molecule has 2 heterocycles. The maximum atomic E-state index is 12.6. The molecule has 1 amide bonds. The lowest BCUT2D eigenvalue weighted by molar-refractivity contribution is -0.138. The number of rotatable bonds is 3. The fourth-order valence-electron chi connectivity index (χ4n) is 2.90. The Hall–Kier alpha value is -2.63. The first-order valence-electron chi connectivity index (χ1n) is 7.25. The van der Waals surface area contributed by atoms with Crippen LogP contribution in [0.25, 0.3) is 0 Å². The van der Waals surface area contributed by atoms with Crippen molar-refractivity contribution in [3.63, 3.8) is 0 Å². The SMILES string of the molecule is O=C(O)[C@H]1CN(C(=O)c2cc(C3CC3)on2)c2ccccc21. The Kier molecular flexibility index (Phi) is 2.79. The number of anilines is 1. The molecule has 2 aliphatic rings. The van der Waals surface area contributed by atoms with E-state index in [-0.39, 0.29) is 18.1 Å². The van der Waals surface area contributed by atoms with Crippen molar-refractivity contribution in [2.75, 3.05) is 11.4 Å². The van der Waals surface area contributed by atoms with Gasteiger partial charge in [-0.2, -0.15) is 0 Å². The summed E-state index contributed by atoms with van der Waals surface area (Å²) in [5.74, 6) is -0.819. The number of benzene rings is 1. The van der Waals surface area contributed by atoms with Crippen molar-refractivity contribution < 1.29 is 19.2 Å². The maximum Gasteiger partial charge on any atom is 0.312 e. The van der Waals surface area contributed by atoms with E-state index in [0.717, 1.165) is 18.6 Å². The highest BCUT2D eigenvalue weighted by molar-refractivity contribution is 6.07. The second-order valence-electron chi connectivity index (χ2n) is 5.75. The summed E-state index contributed by atoms with van der Waals surface area (Å²) in [6, 6.07) is 8.76. The van der Waals surface area contributed by atoms with Gasteiger partial charge in [0, 0.05) is 24.2 Å². The molecule has 22 heavy (non-hydrogen) atoms. The third kappa shape index (κ3) is 1.99. The van der Waals surface area contributed by atoms with Gasteiger partial charge in [-0.15, -0.1) is 0 Å². The van der Waals surface area contributed by atoms with Gasteiger partial charge in [0.15, 0.2) is 5.69 Å². The fraction of sp³-hybridized carbons (Fsp3) is 0.312. The van der Waals surface area contributed by atoms with E-state index in [9.17, 15) is 14.7 Å². The maximum absolute atomic E-state index is 12.6. The van der Waals surface area contributed by atoms with E-state index in [4.69, 9.17) is 4.52 Å². The molecule has 1 atom stereocenters. The topological polar surface area (TPSA) is 83.6 Å². The molecule has 112 valence electrons. The van der Waals surface area contributed by atoms with E-state index in [0.29, 0.717) is 17.2 Å². The predicted octanol–water partition coefficient (Wildman–Crippen LogP) is 2.38. The molecule has 1 saturated carbocycles. The molecular formula is C16H14N2O4. The van der Waals surface area contributed by atoms with Crippen LogP contribution in [0.15, 0.2) is 34.9 Å². The number of fused-ring (bicyclic) bond motifs is 1. The Morgan fingerprint density at radius 2 is 2.05 bits per heavy atom. The van der Waals surface area contributed by atoms with E-state index in [2.05, 4.69) is 5.16 Å². The van der Waals surface area contributed by atoms with Crippen LogP contribution in [0.4, 0.5) is 5.69 Å². The Morgan fingerprint density at radius 1 is 1.27 bits per heavy atom. The van der Waals surface area contributed by atoms with Gasteiger partial charge >= 0.3 is 5.97 Å². The number of aliphatic carboxylic acids is 1. The first-order chi connectivity index (χ1) is 10.6. The van der Waals surface area contributed by atoms with Crippen LogP contribution in [0.1, 0.15) is 46.5 Å². The molecule has 0 saturated heterocycles. The van der Waals surface area contributed by atoms with Crippen LogP contribution < -0.4 is 4.90 Å². The summed E-state index contributed by atoms with van der Waals surface area (Å²) in [6.45, 7) is 0.124. The molecule has 2 aromatic rings. The number of carboxylic acid groups (broad SMARTS) is 1. The summed E-state index contributed by atoms with van der Waals surface area (Å²) in [7, 11) is 0. The van der Waals surface area contributed by atoms with Gasteiger partial charge in [-0.25, -0.2) is 0 Å². The van der Waals surface area contributed by atoms with Gasteiger partial charge in [0.2, 0.25) is 0 Å². The van der Waals surface area contributed by atoms with Crippen LogP contribution in [-0.2, 0) is 4.79 Å². The second-order valence-corrected chi connectivity index (χ2v) is 5.75. The number of para-hydroxylation sites is 1. The van der Waals surface area contributed by atoms with Crippen LogP contribution in [-0.4, -0.2) is 28.7 Å². The highest BCUT2D eigenvalue weighted by atomic mass is 16.5. The summed E-state index contributed by atoms with van der Waals surface area (Å²) in [6.07, 6.45) is 2.13. The smallest absolute Gasteiger partial charge is 0.312 e. The largest absolute Gasteiger partial charge is 0.481 e. The van der Waals surface area contributed by atoms with Gasteiger partial charge < -0.3 is 14.5 Å². The molecular weight excluding hydrogens is 284 g/mol. The highest BCUT2D eigenvalue weighted by Gasteiger charge is 2.38. The van der Waals surface area contributed by atoms with E-state index in [1.807, 2.05) is 0 Å². The molecule has 0 unspecified atom stereocenters. The van der Waals surface area contributed by atoms with Gasteiger partial charge in [0.25, 0.3) is 5.91 Å². The first-order valence-corrected chi connectivity index (χ1v) is 7.25.